The smallest absolute Gasteiger partial charge is 0.254 e. The van der Waals surface area contributed by atoms with Crippen molar-refractivity contribution in [3.05, 3.63) is 24.0 Å². The van der Waals surface area contributed by atoms with Crippen LogP contribution in [0.25, 0.3) is 0 Å². The van der Waals surface area contributed by atoms with Gasteiger partial charge in [0.2, 0.25) is 5.91 Å². The predicted octanol–water partition coefficient (Wildman–Crippen LogP) is -0.0818. The molecule has 0 aliphatic carbocycles. The molecule has 0 saturated heterocycles. The Kier molecular flexibility index (Phi) is 4.45. The number of anilines is 1. The number of nitrogen functional groups attached to an aromatic ring is 1. The number of rotatable bonds is 4. The standard InChI is InChI=1S/C11H16N4O2/c1-3-14-10(16)7(2)15-11(17)8-4-5-13-6-9(8)12/h4-7H,3,12H2,1-2H3,(H,14,16)(H,15,17). The number of carbonyl (C=O) groups is 2. The van der Waals surface area contributed by atoms with Crippen molar-refractivity contribution in [3.63, 3.8) is 0 Å². The van der Waals surface area contributed by atoms with E-state index in [0.29, 0.717) is 12.1 Å². The fourth-order valence-corrected chi connectivity index (χ4v) is 1.28. The van der Waals surface area contributed by atoms with Gasteiger partial charge in [-0.2, -0.15) is 0 Å². The summed E-state index contributed by atoms with van der Waals surface area (Å²) in [5, 5.41) is 5.18. The summed E-state index contributed by atoms with van der Waals surface area (Å²) < 4.78 is 0. The van der Waals surface area contributed by atoms with Crippen LogP contribution >= 0.6 is 0 Å². The van der Waals surface area contributed by atoms with Crippen molar-refractivity contribution in [1.82, 2.24) is 15.6 Å². The first-order valence-corrected chi connectivity index (χ1v) is 5.34. The van der Waals surface area contributed by atoms with Crippen LogP contribution in [0, 0.1) is 0 Å². The highest BCUT2D eigenvalue weighted by Crippen LogP contribution is 2.08. The van der Waals surface area contributed by atoms with Crippen LogP contribution in [-0.2, 0) is 4.79 Å². The van der Waals surface area contributed by atoms with E-state index in [2.05, 4.69) is 15.6 Å². The number of nitrogens with two attached hydrogens (primary N) is 1. The van der Waals surface area contributed by atoms with Crippen molar-refractivity contribution in [1.29, 1.82) is 0 Å². The van der Waals surface area contributed by atoms with Crippen molar-refractivity contribution >= 4 is 17.5 Å². The average molecular weight is 236 g/mol. The molecule has 1 aromatic rings. The van der Waals surface area contributed by atoms with Crippen LogP contribution in [0.1, 0.15) is 24.2 Å². The Balaban J connectivity index is 2.67. The predicted molar refractivity (Wildman–Crippen MR) is 64.3 cm³/mol. The molecule has 1 atom stereocenters. The van der Waals surface area contributed by atoms with Crippen molar-refractivity contribution < 1.29 is 9.59 Å². The van der Waals surface area contributed by atoms with Gasteiger partial charge in [0.1, 0.15) is 6.04 Å². The molecule has 6 heteroatoms. The van der Waals surface area contributed by atoms with E-state index in [1.807, 2.05) is 6.92 Å². The summed E-state index contributed by atoms with van der Waals surface area (Å²) in [6.45, 7) is 3.95. The van der Waals surface area contributed by atoms with E-state index >= 15 is 0 Å². The number of aromatic nitrogens is 1. The summed E-state index contributed by atoms with van der Waals surface area (Å²) >= 11 is 0. The van der Waals surface area contributed by atoms with Crippen molar-refractivity contribution in [2.75, 3.05) is 12.3 Å². The largest absolute Gasteiger partial charge is 0.397 e. The van der Waals surface area contributed by atoms with E-state index in [0.717, 1.165) is 0 Å². The third kappa shape index (κ3) is 3.44. The van der Waals surface area contributed by atoms with Gasteiger partial charge in [-0.1, -0.05) is 0 Å². The zero-order valence-corrected chi connectivity index (χ0v) is 9.86. The van der Waals surface area contributed by atoms with Crippen LogP contribution in [0.5, 0.6) is 0 Å². The maximum Gasteiger partial charge on any atom is 0.254 e. The summed E-state index contributed by atoms with van der Waals surface area (Å²) in [5.74, 6) is -0.614. The van der Waals surface area contributed by atoms with Gasteiger partial charge in [-0.15, -0.1) is 0 Å². The molecule has 92 valence electrons. The van der Waals surface area contributed by atoms with Crippen molar-refractivity contribution in [2.24, 2.45) is 0 Å². The Labute approximate surface area is 99.6 Å². The lowest BCUT2D eigenvalue weighted by atomic mass is 10.2. The summed E-state index contributed by atoms with van der Waals surface area (Å²) in [7, 11) is 0. The molecular formula is C11H16N4O2. The number of carbonyl (C=O) groups excluding carboxylic acids is 2. The van der Waals surface area contributed by atoms with Gasteiger partial charge < -0.3 is 16.4 Å². The number of nitrogens with one attached hydrogen (secondary N) is 2. The maximum absolute atomic E-state index is 11.8. The third-order valence-corrected chi connectivity index (χ3v) is 2.19. The van der Waals surface area contributed by atoms with E-state index in [-0.39, 0.29) is 17.5 Å². The fourth-order valence-electron chi connectivity index (χ4n) is 1.28. The van der Waals surface area contributed by atoms with Crippen LogP contribution in [0.2, 0.25) is 0 Å². The van der Waals surface area contributed by atoms with E-state index in [1.54, 1.807) is 6.92 Å². The summed E-state index contributed by atoms with van der Waals surface area (Å²) in [4.78, 5) is 27.0. The molecule has 0 aliphatic heterocycles. The minimum atomic E-state index is -0.602. The third-order valence-electron chi connectivity index (χ3n) is 2.19. The van der Waals surface area contributed by atoms with Gasteiger partial charge in [0.15, 0.2) is 0 Å². The normalized spacial score (nSPS) is 11.6. The minimum absolute atomic E-state index is 0.228. The number of pyridine rings is 1. The fraction of sp³-hybridized carbons (Fsp3) is 0.364. The highest BCUT2D eigenvalue weighted by molar-refractivity contribution is 6.01. The van der Waals surface area contributed by atoms with Crippen LogP contribution in [0.4, 0.5) is 5.69 Å². The highest BCUT2D eigenvalue weighted by Gasteiger charge is 2.17. The van der Waals surface area contributed by atoms with Gasteiger partial charge in [0, 0.05) is 12.7 Å². The van der Waals surface area contributed by atoms with E-state index in [1.165, 1.54) is 18.5 Å². The van der Waals surface area contributed by atoms with Crippen LogP contribution < -0.4 is 16.4 Å². The molecule has 1 unspecified atom stereocenters. The van der Waals surface area contributed by atoms with Gasteiger partial charge in [0.25, 0.3) is 5.91 Å². The van der Waals surface area contributed by atoms with Crippen molar-refractivity contribution in [2.45, 2.75) is 19.9 Å². The zero-order chi connectivity index (χ0) is 12.8. The molecule has 1 heterocycles. The molecular weight excluding hydrogens is 220 g/mol. The first kappa shape index (κ1) is 13.0. The first-order chi connectivity index (χ1) is 8.06. The molecule has 0 fully saturated rings. The lowest BCUT2D eigenvalue weighted by molar-refractivity contribution is -0.122. The second-order valence-electron chi connectivity index (χ2n) is 3.55. The number of hydrogen-bond acceptors (Lipinski definition) is 4. The molecule has 2 amide bonds. The zero-order valence-electron chi connectivity index (χ0n) is 9.86. The van der Waals surface area contributed by atoms with Crippen LogP contribution in [0.3, 0.4) is 0 Å². The first-order valence-electron chi connectivity index (χ1n) is 5.34. The Hall–Kier alpha value is -2.11. The molecule has 1 aromatic heterocycles. The molecule has 1 rings (SSSR count). The van der Waals surface area contributed by atoms with Gasteiger partial charge in [0.05, 0.1) is 17.4 Å². The van der Waals surface area contributed by atoms with Gasteiger partial charge >= 0.3 is 0 Å². The average Bonchev–Trinajstić information content (AvgIpc) is 2.29. The molecule has 0 aliphatic rings. The topological polar surface area (TPSA) is 97.1 Å². The number of hydrogen-bond donors (Lipinski definition) is 3. The Morgan fingerprint density at radius 3 is 2.82 bits per heavy atom. The molecule has 4 N–H and O–H groups in total. The lowest BCUT2D eigenvalue weighted by Crippen LogP contribution is -2.44. The summed E-state index contributed by atoms with van der Waals surface area (Å²) in [6, 6.07) is 0.907. The molecule has 0 saturated carbocycles. The lowest BCUT2D eigenvalue weighted by Gasteiger charge is -2.13. The van der Waals surface area contributed by atoms with E-state index in [4.69, 9.17) is 5.73 Å². The quantitative estimate of drug-likeness (QED) is 0.681. The monoisotopic (exact) mass is 236 g/mol. The molecule has 0 bridgehead atoms. The highest BCUT2D eigenvalue weighted by atomic mass is 16.2. The van der Waals surface area contributed by atoms with Crippen LogP contribution in [-0.4, -0.2) is 29.4 Å². The molecule has 17 heavy (non-hydrogen) atoms. The number of nitrogens with zero attached hydrogens (tertiary/aromatic N) is 1. The molecule has 0 radical (unpaired) electrons. The van der Waals surface area contributed by atoms with Crippen LogP contribution in [0.15, 0.2) is 18.5 Å². The number of likely N-dealkylation sites (N-methyl/N-ethyl adjacent to an activating group) is 1. The molecule has 0 spiro atoms. The minimum Gasteiger partial charge on any atom is -0.397 e. The molecule has 6 nitrogen and oxygen atoms in total. The Bertz CT molecular complexity index is 420. The SMILES string of the molecule is CCNC(=O)C(C)NC(=O)c1ccncc1N. The Morgan fingerprint density at radius 1 is 1.53 bits per heavy atom. The van der Waals surface area contributed by atoms with Gasteiger partial charge in [-0.05, 0) is 19.9 Å². The number of amides is 2. The van der Waals surface area contributed by atoms with E-state index in [9.17, 15) is 9.59 Å². The van der Waals surface area contributed by atoms with Gasteiger partial charge in [-0.25, -0.2) is 0 Å². The molecule has 0 aromatic carbocycles. The summed E-state index contributed by atoms with van der Waals surface area (Å²) in [6.07, 6.45) is 2.87. The van der Waals surface area contributed by atoms with Gasteiger partial charge in [-0.3, -0.25) is 14.6 Å². The second kappa shape index (κ2) is 5.83. The summed E-state index contributed by atoms with van der Waals surface area (Å²) in [5.41, 5.74) is 6.21. The maximum atomic E-state index is 11.8. The van der Waals surface area contributed by atoms with E-state index < -0.39 is 6.04 Å². The Morgan fingerprint density at radius 2 is 2.24 bits per heavy atom. The second-order valence-corrected chi connectivity index (χ2v) is 3.55. The van der Waals surface area contributed by atoms with Crippen molar-refractivity contribution in [3.8, 4) is 0 Å².